The molecule has 0 aliphatic carbocycles. The van der Waals surface area contributed by atoms with Crippen molar-refractivity contribution in [2.75, 3.05) is 32.9 Å². The Morgan fingerprint density at radius 3 is 2.93 bits per heavy atom. The molecule has 15 heavy (non-hydrogen) atoms. The van der Waals surface area contributed by atoms with Gasteiger partial charge in [0.15, 0.2) is 5.17 Å². The second-order valence-corrected chi connectivity index (χ2v) is 5.46. The minimum absolute atomic E-state index is 0.603. The van der Waals surface area contributed by atoms with Gasteiger partial charge in [0.05, 0.1) is 0 Å². The number of thioether (sulfide) groups is 1. The van der Waals surface area contributed by atoms with E-state index in [9.17, 15) is 0 Å². The number of nitrogens with one attached hydrogen (secondary N) is 1. The zero-order chi connectivity index (χ0) is 11.1. The van der Waals surface area contributed by atoms with Crippen molar-refractivity contribution in [2.24, 2.45) is 4.99 Å². The van der Waals surface area contributed by atoms with Crippen LogP contribution in [-0.4, -0.2) is 49.0 Å². The van der Waals surface area contributed by atoms with E-state index in [0.29, 0.717) is 6.04 Å². The fourth-order valence-electron chi connectivity index (χ4n) is 1.47. The number of unbranched alkanes of at least 4 members (excludes halogenated alkanes) is 1. The van der Waals surface area contributed by atoms with Crippen LogP contribution in [-0.2, 0) is 0 Å². The minimum Gasteiger partial charge on any atom is -0.362 e. The molecule has 0 saturated carbocycles. The second-order valence-electron chi connectivity index (χ2n) is 4.38. The predicted octanol–water partition coefficient (Wildman–Crippen LogP) is 1.80. The molecule has 1 rings (SSSR count). The molecule has 1 saturated heterocycles. The van der Waals surface area contributed by atoms with Gasteiger partial charge in [-0.2, -0.15) is 0 Å². The Labute approximate surface area is 97.7 Å². The quantitative estimate of drug-likeness (QED) is 0.729. The van der Waals surface area contributed by atoms with Crippen molar-refractivity contribution in [1.82, 2.24) is 10.2 Å². The number of amidine groups is 1. The van der Waals surface area contributed by atoms with Crippen molar-refractivity contribution in [1.29, 1.82) is 0 Å². The highest BCUT2D eigenvalue weighted by molar-refractivity contribution is 8.13. The Hall–Kier alpha value is -0.220. The molecule has 0 aromatic heterocycles. The lowest BCUT2D eigenvalue weighted by Gasteiger charge is -2.21. The SMILES string of the molecule is CC1CCSC(=NCCCCN(C)C)N1. The van der Waals surface area contributed by atoms with Crippen molar-refractivity contribution in [3.8, 4) is 0 Å². The smallest absolute Gasteiger partial charge is 0.156 e. The lowest BCUT2D eigenvalue weighted by atomic mass is 10.3. The Kier molecular flexibility index (Phi) is 6.10. The summed E-state index contributed by atoms with van der Waals surface area (Å²) in [6.45, 7) is 4.36. The maximum Gasteiger partial charge on any atom is 0.156 e. The third-order valence-corrected chi connectivity index (χ3v) is 3.39. The van der Waals surface area contributed by atoms with Crippen LogP contribution < -0.4 is 5.32 Å². The van der Waals surface area contributed by atoms with E-state index in [1.165, 1.54) is 31.6 Å². The highest BCUT2D eigenvalue weighted by Gasteiger charge is 2.12. The maximum atomic E-state index is 4.58. The van der Waals surface area contributed by atoms with Crippen LogP contribution in [0.5, 0.6) is 0 Å². The van der Waals surface area contributed by atoms with Gasteiger partial charge >= 0.3 is 0 Å². The van der Waals surface area contributed by atoms with Gasteiger partial charge in [0.25, 0.3) is 0 Å². The normalized spacial score (nSPS) is 24.5. The largest absolute Gasteiger partial charge is 0.362 e. The summed E-state index contributed by atoms with van der Waals surface area (Å²) in [6, 6.07) is 0.603. The van der Waals surface area contributed by atoms with Gasteiger partial charge in [-0.3, -0.25) is 4.99 Å². The summed E-state index contributed by atoms with van der Waals surface area (Å²) in [5.74, 6) is 1.21. The Morgan fingerprint density at radius 1 is 1.47 bits per heavy atom. The summed E-state index contributed by atoms with van der Waals surface area (Å²) in [5, 5.41) is 4.57. The Balaban J connectivity index is 2.09. The van der Waals surface area contributed by atoms with E-state index in [1.807, 2.05) is 11.8 Å². The molecule has 1 unspecified atom stereocenters. The van der Waals surface area contributed by atoms with Crippen LogP contribution in [0.3, 0.4) is 0 Å². The average molecular weight is 229 g/mol. The molecule has 0 radical (unpaired) electrons. The third kappa shape index (κ3) is 6.05. The van der Waals surface area contributed by atoms with Gasteiger partial charge in [0.2, 0.25) is 0 Å². The van der Waals surface area contributed by atoms with Crippen molar-refractivity contribution in [3.63, 3.8) is 0 Å². The van der Waals surface area contributed by atoms with Crippen molar-refractivity contribution < 1.29 is 0 Å². The summed E-state index contributed by atoms with van der Waals surface area (Å²) in [7, 11) is 4.23. The van der Waals surface area contributed by atoms with E-state index in [0.717, 1.165) is 11.7 Å². The molecule has 0 bridgehead atoms. The summed E-state index contributed by atoms with van der Waals surface area (Å²) < 4.78 is 0. The molecular weight excluding hydrogens is 206 g/mol. The van der Waals surface area contributed by atoms with E-state index in [1.54, 1.807) is 0 Å². The molecule has 1 fully saturated rings. The molecule has 1 heterocycles. The van der Waals surface area contributed by atoms with Gasteiger partial charge in [0, 0.05) is 18.3 Å². The molecule has 0 aromatic rings. The molecule has 1 aliphatic rings. The van der Waals surface area contributed by atoms with E-state index in [-0.39, 0.29) is 0 Å². The van der Waals surface area contributed by atoms with Gasteiger partial charge in [-0.15, -0.1) is 0 Å². The topological polar surface area (TPSA) is 27.6 Å². The molecule has 1 N–H and O–H groups in total. The molecule has 3 nitrogen and oxygen atoms in total. The van der Waals surface area contributed by atoms with Crippen LogP contribution in [0.15, 0.2) is 4.99 Å². The highest BCUT2D eigenvalue weighted by Crippen LogP contribution is 2.13. The summed E-state index contributed by atoms with van der Waals surface area (Å²) >= 11 is 1.86. The Morgan fingerprint density at radius 2 is 2.27 bits per heavy atom. The molecular formula is C11H23N3S. The van der Waals surface area contributed by atoms with Crippen molar-refractivity contribution >= 4 is 16.9 Å². The zero-order valence-corrected chi connectivity index (χ0v) is 10.9. The van der Waals surface area contributed by atoms with Gasteiger partial charge in [-0.25, -0.2) is 0 Å². The number of nitrogens with zero attached hydrogens (tertiary/aromatic N) is 2. The van der Waals surface area contributed by atoms with E-state index in [4.69, 9.17) is 0 Å². The summed E-state index contributed by atoms with van der Waals surface area (Å²) in [6.07, 6.45) is 3.69. The van der Waals surface area contributed by atoms with Gasteiger partial charge in [-0.05, 0) is 46.8 Å². The van der Waals surface area contributed by atoms with Gasteiger partial charge in [0.1, 0.15) is 0 Å². The van der Waals surface area contributed by atoms with Crippen molar-refractivity contribution in [2.45, 2.75) is 32.2 Å². The molecule has 0 spiro atoms. The van der Waals surface area contributed by atoms with Gasteiger partial charge in [-0.1, -0.05) is 11.8 Å². The lowest BCUT2D eigenvalue weighted by molar-refractivity contribution is 0.396. The van der Waals surface area contributed by atoms with Gasteiger partial charge < -0.3 is 10.2 Å². The second kappa shape index (κ2) is 7.12. The fraction of sp³-hybridized carbons (Fsp3) is 0.909. The van der Waals surface area contributed by atoms with E-state index in [2.05, 4.69) is 36.2 Å². The number of hydrogen-bond donors (Lipinski definition) is 1. The lowest BCUT2D eigenvalue weighted by Crippen LogP contribution is -2.35. The maximum absolute atomic E-state index is 4.58. The molecule has 1 atom stereocenters. The summed E-state index contributed by atoms with van der Waals surface area (Å²) in [4.78, 5) is 6.81. The number of rotatable bonds is 5. The van der Waals surface area contributed by atoms with E-state index >= 15 is 0 Å². The van der Waals surface area contributed by atoms with Crippen LogP contribution >= 0.6 is 11.8 Å². The zero-order valence-electron chi connectivity index (χ0n) is 10.1. The fourth-order valence-corrected chi connectivity index (χ4v) is 2.60. The monoisotopic (exact) mass is 229 g/mol. The van der Waals surface area contributed by atoms with E-state index < -0.39 is 0 Å². The molecule has 88 valence electrons. The number of aliphatic imine (C=N–C) groups is 1. The molecule has 1 aliphatic heterocycles. The number of hydrogen-bond acceptors (Lipinski definition) is 3. The highest BCUT2D eigenvalue weighted by atomic mass is 32.2. The van der Waals surface area contributed by atoms with Crippen LogP contribution in [0.25, 0.3) is 0 Å². The Bertz CT molecular complexity index is 204. The predicted molar refractivity (Wildman–Crippen MR) is 69.8 cm³/mol. The first kappa shape index (κ1) is 12.8. The molecule has 0 aromatic carbocycles. The molecule has 4 heteroatoms. The first-order valence-electron chi connectivity index (χ1n) is 5.77. The minimum atomic E-state index is 0.603. The first-order chi connectivity index (χ1) is 7.18. The van der Waals surface area contributed by atoms with Crippen molar-refractivity contribution in [3.05, 3.63) is 0 Å². The summed E-state index contributed by atoms with van der Waals surface area (Å²) in [5.41, 5.74) is 0. The average Bonchev–Trinajstić information content (AvgIpc) is 2.17. The first-order valence-corrected chi connectivity index (χ1v) is 6.75. The van der Waals surface area contributed by atoms with Crippen LogP contribution in [0.4, 0.5) is 0 Å². The standard InChI is InChI=1S/C11H23N3S/c1-10-6-9-15-11(13-10)12-7-4-5-8-14(2)3/h10H,4-9H2,1-3H3,(H,12,13). The molecule has 0 amide bonds. The van der Waals surface area contributed by atoms with Crippen LogP contribution in [0, 0.1) is 0 Å². The third-order valence-electron chi connectivity index (χ3n) is 2.43. The van der Waals surface area contributed by atoms with Crippen LogP contribution in [0.2, 0.25) is 0 Å². The van der Waals surface area contributed by atoms with Crippen LogP contribution in [0.1, 0.15) is 26.2 Å².